The Morgan fingerprint density at radius 1 is 1.30 bits per heavy atom. The molecule has 0 radical (unpaired) electrons. The molecule has 0 saturated carbocycles. The van der Waals surface area contributed by atoms with E-state index in [2.05, 4.69) is 35.9 Å². The number of nitrogens with zero attached hydrogens (tertiary/aromatic N) is 1. The summed E-state index contributed by atoms with van der Waals surface area (Å²) >= 11 is 0. The number of aromatic amines is 1. The number of imidazole rings is 1. The molecule has 3 aromatic rings. The summed E-state index contributed by atoms with van der Waals surface area (Å²) in [5, 5.41) is 0. The second kappa shape index (κ2) is 5.13. The average Bonchev–Trinajstić information content (AvgIpc) is 3.07. The maximum atomic E-state index is 5.89. The SMILES string of the molecule is CC(C)C(CN)c1ccc2nc(-c3ccco3)[nH]c2c1. The Bertz CT molecular complexity index is 698. The van der Waals surface area contributed by atoms with Crippen molar-refractivity contribution in [3.63, 3.8) is 0 Å². The van der Waals surface area contributed by atoms with Gasteiger partial charge in [-0.1, -0.05) is 19.9 Å². The molecule has 1 atom stereocenters. The molecule has 1 unspecified atom stereocenters. The molecule has 2 aromatic heterocycles. The first-order valence-electron chi connectivity index (χ1n) is 6.92. The van der Waals surface area contributed by atoms with Gasteiger partial charge in [-0.25, -0.2) is 4.98 Å². The van der Waals surface area contributed by atoms with Crippen molar-refractivity contribution in [3.05, 3.63) is 42.2 Å². The summed E-state index contributed by atoms with van der Waals surface area (Å²) in [5.41, 5.74) is 9.11. The maximum absolute atomic E-state index is 5.89. The van der Waals surface area contributed by atoms with Gasteiger partial charge in [0, 0.05) is 0 Å². The van der Waals surface area contributed by atoms with Crippen LogP contribution in [-0.2, 0) is 0 Å². The fourth-order valence-corrected chi connectivity index (χ4v) is 2.58. The lowest BCUT2D eigenvalue weighted by Gasteiger charge is -2.19. The summed E-state index contributed by atoms with van der Waals surface area (Å²) in [6, 6.07) is 10.1. The highest BCUT2D eigenvalue weighted by atomic mass is 16.3. The highest BCUT2D eigenvalue weighted by molar-refractivity contribution is 5.79. The molecule has 0 aliphatic carbocycles. The molecule has 0 spiro atoms. The average molecular weight is 269 g/mol. The third kappa shape index (κ3) is 2.23. The van der Waals surface area contributed by atoms with E-state index in [0.29, 0.717) is 18.4 Å². The van der Waals surface area contributed by atoms with Crippen molar-refractivity contribution < 1.29 is 4.42 Å². The van der Waals surface area contributed by atoms with Crippen LogP contribution in [0.2, 0.25) is 0 Å². The number of benzene rings is 1. The molecule has 3 rings (SSSR count). The Morgan fingerprint density at radius 3 is 2.80 bits per heavy atom. The van der Waals surface area contributed by atoms with Gasteiger partial charge in [0.25, 0.3) is 0 Å². The normalized spacial score (nSPS) is 13.2. The van der Waals surface area contributed by atoms with Gasteiger partial charge < -0.3 is 15.1 Å². The lowest BCUT2D eigenvalue weighted by atomic mass is 9.88. The largest absolute Gasteiger partial charge is 0.461 e. The van der Waals surface area contributed by atoms with Crippen molar-refractivity contribution in [1.29, 1.82) is 0 Å². The lowest BCUT2D eigenvalue weighted by molar-refractivity contribution is 0.507. The number of hydrogen-bond donors (Lipinski definition) is 2. The predicted octanol–water partition coefficient (Wildman–Crippen LogP) is 3.52. The van der Waals surface area contributed by atoms with Crippen LogP contribution in [0.25, 0.3) is 22.6 Å². The van der Waals surface area contributed by atoms with Crippen LogP contribution in [0.4, 0.5) is 0 Å². The molecule has 104 valence electrons. The van der Waals surface area contributed by atoms with Gasteiger partial charge in [-0.15, -0.1) is 0 Å². The molecule has 4 heteroatoms. The maximum Gasteiger partial charge on any atom is 0.174 e. The van der Waals surface area contributed by atoms with Gasteiger partial charge in [0.05, 0.1) is 17.3 Å². The molecule has 0 amide bonds. The van der Waals surface area contributed by atoms with Gasteiger partial charge in [0.2, 0.25) is 0 Å². The minimum Gasteiger partial charge on any atom is -0.461 e. The van der Waals surface area contributed by atoms with E-state index < -0.39 is 0 Å². The van der Waals surface area contributed by atoms with E-state index in [4.69, 9.17) is 10.2 Å². The van der Waals surface area contributed by atoms with E-state index in [9.17, 15) is 0 Å². The van der Waals surface area contributed by atoms with Crippen molar-refractivity contribution >= 4 is 11.0 Å². The highest BCUT2D eigenvalue weighted by Gasteiger charge is 2.15. The van der Waals surface area contributed by atoms with Crippen LogP contribution in [-0.4, -0.2) is 16.5 Å². The standard InChI is InChI=1S/C16H19N3O/c1-10(2)12(9-17)11-5-6-13-14(8-11)19-16(18-13)15-4-3-7-20-15/h3-8,10,12H,9,17H2,1-2H3,(H,18,19). The second-order valence-corrected chi connectivity index (χ2v) is 5.43. The Morgan fingerprint density at radius 2 is 2.15 bits per heavy atom. The molecule has 0 aliphatic heterocycles. The van der Waals surface area contributed by atoms with E-state index in [1.165, 1.54) is 5.56 Å². The summed E-state index contributed by atoms with van der Waals surface area (Å²) in [5.74, 6) is 2.40. The zero-order valence-corrected chi connectivity index (χ0v) is 11.8. The van der Waals surface area contributed by atoms with Gasteiger partial charge in [-0.05, 0) is 48.2 Å². The summed E-state index contributed by atoms with van der Waals surface area (Å²) < 4.78 is 5.37. The van der Waals surface area contributed by atoms with Crippen LogP contribution in [0.1, 0.15) is 25.3 Å². The summed E-state index contributed by atoms with van der Waals surface area (Å²) in [7, 11) is 0. The van der Waals surface area contributed by atoms with Crippen LogP contribution in [0, 0.1) is 5.92 Å². The van der Waals surface area contributed by atoms with Gasteiger partial charge in [0.15, 0.2) is 11.6 Å². The van der Waals surface area contributed by atoms with Crippen LogP contribution in [0.3, 0.4) is 0 Å². The van der Waals surface area contributed by atoms with E-state index in [1.807, 2.05) is 18.2 Å². The van der Waals surface area contributed by atoms with Gasteiger partial charge >= 0.3 is 0 Å². The van der Waals surface area contributed by atoms with Gasteiger partial charge in [-0.2, -0.15) is 0 Å². The number of fused-ring (bicyclic) bond motifs is 1. The Hall–Kier alpha value is -2.07. The molecule has 0 saturated heterocycles. The zero-order valence-electron chi connectivity index (χ0n) is 11.8. The highest BCUT2D eigenvalue weighted by Crippen LogP contribution is 2.27. The fraction of sp³-hybridized carbons (Fsp3) is 0.312. The molecular weight excluding hydrogens is 250 g/mol. The van der Waals surface area contributed by atoms with Crippen LogP contribution < -0.4 is 5.73 Å². The van der Waals surface area contributed by atoms with Crippen LogP contribution in [0.5, 0.6) is 0 Å². The van der Waals surface area contributed by atoms with E-state index in [0.717, 1.165) is 22.6 Å². The minimum absolute atomic E-state index is 0.370. The fourth-order valence-electron chi connectivity index (χ4n) is 2.58. The molecule has 2 heterocycles. The molecule has 0 aliphatic rings. The lowest BCUT2D eigenvalue weighted by Crippen LogP contribution is -2.17. The van der Waals surface area contributed by atoms with Crippen LogP contribution in [0.15, 0.2) is 41.0 Å². The minimum atomic E-state index is 0.370. The van der Waals surface area contributed by atoms with Crippen molar-refractivity contribution in [1.82, 2.24) is 9.97 Å². The third-order valence-corrected chi connectivity index (χ3v) is 3.75. The van der Waals surface area contributed by atoms with Gasteiger partial charge in [0.1, 0.15) is 0 Å². The van der Waals surface area contributed by atoms with Crippen molar-refractivity contribution in [3.8, 4) is 11.6 Å². The Labute approximate surface area is 118 Å². The number of hydrogen-bond acceptors (Lipinski definition) is 3. The molecule has 1 aromatic carbocycles. The molecule has 0 bridgehead atoms. The first kappa shape index (κ1) is 12.9. The molecule has 0 fully saturated rings. The number of nitrogens with two attached hydrogens (primary N) is 1. The van der Waals surface area contributed by atoms with Gasteiger partial charge in [-0.3, -0.25) is 0 Å². The summed E-state index contributed by atoms with van der Waals surface area (Å²) in [4.78, 5) is 7.86. The second-order valence-electron chi connectivity index (χ2n) is 5.43. The summed E-state index contributed by atoms with van der Waals surface area (Å²) in [6.07, 6.45) is 1.65. The zero-order chi connectivity index (χ0) is 14.1. The third-order valence-electron chi connectivity index (χ3n) is 3.75. The first-order valence-corrected chi connectivity index (χ1v) is 6.92. The number of aromatic nitrogens is 2. The van der Waals surface area contributed by atoms with E-state index in [1.54, 1.807) is 6.26 Å². The number of H-pyrrole nitrogens is 1. The van der Waals surface area contributed by atoms with E-state index in [-0.39, 0.29) is 0 Å². The molecule has 3 N–H and O–H groups in total. The molecular formula is C16H19N3O. The molecule has 20 heavy (non-hydrogen) atoms. The van der Waals surface area contributed by atoms with E-state index >= 15 is 0 Å². The Kier molecular flexibility index (Phi) is 3.32. The quantitative estimate of drug-likeness (QED) is 0.761. The Balaban J connectivity index is 2.03. The predicted molar refractivity (Wildman–Crippen MR) is 80.4 cm³/mol. The topological polar surface area (TPSA) is 67.8 Å². The van der Waals surface area contributed by atoms with Crippen molar-refractivity contribution in [2.75, 3.05) is 6.54 Å². The first-order chi connectivity index (χ1) is 9.69. The molecule has 4 nitrogen and oxygen atoms in total. The number of furan rings is 1. The van der Waals surface area contributed by atoms with Crippen LogP contribution >= 0.6 is 0 Å². The van der Waals surface area contributed by atoms with Crippen molar-refractivity contribution in [2.24, 2.45) is 11.7 Å². The number of nitrogens with one attached hydrogen (secondary N) is 1. The smallest absolute Gasteiger partial charge is 0.174 e. The monoisotopic (exact) mass is 269 g/mol. The summed E-state index contributed by atoms with van der Waals surface area (Å²) in [6.45, 7) is 5.05. The number of rotatable bonds is 4. The van der Waals surface area contributed by atoms with Crippen molar-refractivity contribution in [2.45, 2.75) is 19.8 Å².